The number of nitrogens with zero attached hydrogens (tertiary/aromatic N) is 1. The lowest BCUT2D eigenvalue weighted by atomic mass is 10.1. The van der Waals surface area contributed by atoms with E-state index in [0.29, 0.717) is 30.2 Å². The number of carbonyl (C=O) groups is 1. The van der Waals surface area contributed by atoms with Crippen LogP contribution in [0.5, 0.6) is 11.6 Å². The van der Waals surface area contributed by atoms with Crippen LogP contribution in [0.15, 0.2) is 24.4 Å². The molecule has 112 valence electrons. The van der Waals surface area contributed by atoms with Gasteiger partial charge in [0.15, 0.2) is 0 Å². The summed E-state index contributed by atoms with van der Waals surface area (Å²) in [7, 11) is 1.58. The van der Waals surface area contributed by atoms with Gasteiger partial charge in [-0.15, -0.1) is 6.42 Å². The van der Waals surface area contributed by atoms with Crippen molar-refractivity contribution in [1.82, 2.24) is 10.3 Å². The molecule has 1 aliphatic heterocycles. The van der Waals surface area contributed by atoms with Crippen molar-refractivity contribution < 1.29 is 14.3 Å². The minimum atomic E-state index is 0.0384. The van der Waals surface area contributed by atoms with Crippen LogP contribution < -0.4 is 14.8 Å². The molecule has 1 fully saturated rings. The summed E-state index contributed by atoms with van der Waals surface area (Å²) in [6.45, 7) is 0.400. The highest BCUT2D eigenvalue weighted by Crippen LogP contribution is 2.30. The van der Waals surface area contributed by atoms with Gasteiger partial charge in [-0.3, -0.25) is 4.79 Å². The third-order valence-electron chi connectivity index (χ3n) is 3.71. The number of nitrogens with one attached hydrogen (secondary N) is 1. The molecule has 0 spiro atoms. The van der Waals surface area contributed by atoms with Gasteiger partial charge in [0.1, 0.15) is 12.4 Å². The van der Waals surface area contributed by atoms with Crippen molar-refractivity contribution in [3.8, 4) is 24.0 Å². The first-order valence-corrected chi connectivity index (χ1v) is 7.07. The van der Waals surface area contributed by atoms with Gasteiger partial charge in [-0.05, 0) is 30.0 Å². The van der Waals surface area contributed by atoms with Gasteiger partial charge in [-0.1, -0.05) is 5.92 Å². The summed E-state index contributed by atoms with van der Waals surface area (Å²) < 4.78 is 11.1. The van der Waals surface area contributed by atoms with Crippen LogP contribution in [0.1, 0.15) is 18.4 Å². The van der Waals surface area contributed by atoms with Crippen molar-refractivity contribution in [2.45, 2.75) is 18.9 Å². The molecule has 0 saturated carbocycles. The summed E-state index contributed by atoms with van der Waals surface area (Å²) >= 11 is 0. The number of methoxy groups -OCH3 is 1. The Balaban J connectivity index is 1.89. The molecule has 2 heterocycles. The van der Waals surface area contributed by atoms with E-state index in [1.165, 1.54) is 0 Å². The predicted octanol–water partition coefficient (Wildman–Crippen LogP) is 1.88. The largest absolute Gasteiger partial charge is 0.495 e. The fourth-order valence-corrected chi connectivity index (χ4v) is 2.55. The standard InChI is InChI=1S/C17H16N2O3/c1-3-11-8-12-6-7-18-17(14(12)9-15(11)21-2)22-10-13-4-5-16(20)19-13/h1,6-9,13H,4-5,10H2,2H3,(H,19,20). The number of pyridine rings is 1. The second kappa shape index (κ2) is 5.94. The van der Waals surface area contributed by atoms with E-state index < -0.39 is 0 Å². The van der Waals surface area contributed by atoms with E-state index >= 15 is 0 Å². The Morgan fingerprint density at radius 1 is 1.50 bits per heavy atom. The minimum Gasteiger partial charge on any atom is -0.495 e. The van der Waals surface area contributed by atoms with Gasteiger partial charge in [0, 0.05) is 18.0 Å². The van der Waals surface area contributed by atoms with Gasteiger partial charge in [-0.25, -0.2) is 4.98 Å². The van der Waals surface area contributed by atoms with Crippen molar-refractivity contribution in [1.29, 1.82) is 0 Å². The van der Waals surface area contributed by atoms with E-state index in [2.05, 4.69) is 16.2 Å². The lowest BCUT2D eigenvalue weighted by Crippen LogP contribution is -2.31. The summed E-state index contributed by atoms with van der Waals surface area (Å²) in [4.78, 5) is 15.5. The molecular weight excluding hydrogens is 280 g/mol. The highest BCUT2D eigenvalue weighted by molar-refractivity contribution is 5.89. The molecule has 5 heteroatoms. The van der Waals surface area contributed by atoms with Gasteiger partial charge in [0.2, 0.25) is 11.8 Å². The van der Waals surface area contributed by atoms with E-state index in [4.69, 9.17) is 15.9 Å². The van der Waals surface area contributed by atoms with Crippen molar-refractivity contribution in [3.63, 3.8) is 0 Å². The maximum absolute atomic E-state index is 11.2. The van der Waals surface area contributed by atoms with Crippen LogP contribution in [-0.4, -0.2) is 30.6 Å². The molecule has 1 aromatic carbocycles. The summed E-state index contributed by atoms with van der Waals surface area (Å²) in [6, 6.07) is 5.62. The zero-order valence-electron chi connectivity index (χ0n) is 12.3. The molecule has 0 bridgehead atoms. The lowest BCUT2D eigenvalue weighted by Gasteiger charge is -2.13. The molecule has 0 radical (unpaired) electrons. The fourth-order valence-electron chi connectivity index (χ4n) is 2.55. The SMILES string of the molecule is C#Cc1cc2ccnc(OCC3CCC(=O)N3)c2cc1OC. The van der Waals surface area contributed by atoms with E-state index in [1.807, 2.05) is 18.2 Å². The van der Waals surface area contributed by atoms with E-state index in [0.717, 1.165) is 17.2 Å². The summed E-state index contributed by atoms with van der Waals surface area (Å²) in [6.07, 6.45) is 8.51. The molecule has 2 aromatic rings. The van der Waals surface area contributed by atoms with Crippen molar-refractivity contribution in [2.24, 2.45) is 0 Å². The summed E-state index contributed by atoms with van der Waals surface area (Å²) in [5.41, 5.74) is 0.690. The molecule has 3 rings (SSSR count). The number of carbonyl (C=O) groups excluding carboxylic acids is 1. The molecular formula is C17H16N2O3. The number of terminal acetylenes is 1. The van der Waals surface area contributed by atoms with Crippen LogP contribution >= 0.6 is 0 Å². The highest BCUT2D eigenvalue weighted by atomic mass is 16.5. The number of amides is 1. The number of hydrogen-bond donors (Lipinski definition) is 1. The predicted molar refractivity (Wildman–Crippen MR) is 82.9 cm³/mol. The van der Waals surface area contributed by atoms with E-state index in [-0.39, 0.29) is 11.9 Å². The molecule has 1 aliphatic rings. The number of hydrogen-bond acceptors (Lipinski definition) is 4. The zero-order chi connectivity index (χ0) is 15.5. The first-order valence-electron chi connectivity index (χ1n) is 7.07. The van der Waals surface area contributed by atoms with Gasteiger partial charge in [-0.2, -0.15) is 0 Å². The lowest BCUT2D eigenvalue weighted by molar-refractivity contribution is -0.119. The third kappa shape index (κ3) is 2.68. The van der Waals surface area contributed by atoms with Crippen LogP contribution in [0, 0.1) is 12.3 Å². The number of benzene rings is 1. The molecule has 1 atom stereocenters. The van der Waals surface area contributed by atoms with E-state index in [9.17, 15) is 4.79 Å². The van der Waals surface area contributed by atoms with Crippen LogP contribution in [0.4, 0.5) is 0 Å². The zero-order valence-corrected chi connectivity index (χ0v) is 12.3. The molecule has 1 saturated heterocycles. The second-order valence-corrected chi connectivity index (χ2v) is 5.15. The van der Waals surface area contributed by atoms with Gasteiger partial charge in [0.05, 0.1) is 18.7 Å². The van der Waals surface area contributed by atoms with E-state index in [1.54, 1.807) is 13.3 Å². The molecule has 1 amide bonds. The van der Waals surface area contributed by atoms with Crippen LogP contribution in [0.2, 0.25) is 0 Å². The smallest absolute Gasteiger partial charge is 0.221 e. The second-order valence-electron chi connectivity index (χ2n) is 5.15. The van der Waals surface area contributed by atoms with Gasteiger partial charge >= 0.3 is 0 Å². The number of ether oxygens (including phenoxy) is 2. The number of fused-ring (bicyclic) bond motifs is 1. The maximum atomic E-state index is 11.2. The van der Waals surface area contributed by atoms with Crippen LogP contribution in [-0.2, 0) is 4.79 Å². The Labute approximate surface area is 128 Å². The molecule has 5 nitrogen and oxygen atoms in total. The molecule has 22 heavy (non-hydrogen) atoms. The quantitative estimate of drug-likeness (QED) is 0.875. The summed E-state index contributed by atoms with van der Waals surface area (Å²) in [5.74, 6) is 3.80. The summed E-state index contributed by atoms with van der Waals surface area (Å²) in [5, 5.41) is 4.64. The minimum absolute atomic E-state index is 0.0384. The first-order chi connectivity index (χ1) is 10.7. The average Bonchev–Trinajstić information content (AvgIpc) is 2.96. The molecule has 1 aromatic heterocycles. The van der Waals surface area contributed by atoms with Crippen molar-refractivity contribution in [3.05, 3.63) is 30.0 Å². The normalized spacial score (nSPS) is 17.1. The molecule has 0 aliphatic carbocycles. The topological polar surface area (TPSA) is 60.5 Å². The monoisotopic (exact) mass is 296 g/mol. The number of rotatable bonds is 4. The van der Waals surface area contributed by atoms with Crippen LogP contribution in [0.25, 0.3) is 10.8 Å². The first kappa shape index (κ1) is 14.2. The molecule has 1 unspecified atom stereocenters. The van der Waals surface area contributed by atoms with Crippen molar-refractivity contribution in [2.75, 3.05) is 13.7 Å². The Morgan fingerprint density at radius 2 is 2.36 bits per heavy atom. The highest BCUT2D eigenvalue weighted by Gasteiger charge is 2.21. The Hall–Kier alpha value is -2.74. The Bertz CT molecular complexity index is 764. The Morgan fingerprint density at radius 3 is 3.05 bits per heavy atom. The van der Waals surface area contributed by atoms with Crippen molar-refractivity contribution >= 4 is 16.7 Å². The van der Waals surface area contributed by atoms with Gasteiger partial charge < -0.3 is 14.8 Å². The molecule has 1 N–H and O–H groups in total. The van der Waals surface area contributed by atoms with Crippen LogP contribution in [0.3, 0.4) is 0 Å². The maximum Gasteiger partial charge on any atom is 0.221 e. The number of aromatic nitrogens is 1. The fraction of sp³-hybridized carbons (Fsp3) is 0.294. The average molecular weight is 296 g/mol. The third-order valence-corrected chi connectivity index (χ3v) is 3.71. The Kier molecular flexibility index (Phi) is 3.84. The van der Waals surface area contributed by atoms with Gasteiger partial charge in [0.25, 0.3) is 0 Å².